The first-order valence-corrected chi connectivity index (χ1v) is 12.3. The van der Waals surface area contributed by atoms with Crippen LogP contribution in [0.15, 0.2) is 60.6 Å². The summed E-state index contributed by atoms with van der Waals surface area (Å²) >= 11 is 0. The number of halogens is 1. The van der Waals surface area contributed by atoms with Crippen LogP contribution in [-0.2, 0) is 15.4 Å². The van der Waals surface area contributed by atoms with Gasteiger partial charge in [0.05, 0.1) is 11.9 Å². The molecule has 0 amide bonds. The quantitative estimate of drug-likeness (QED) is 0.515. The smallest absolute Gasteiger partial charge is 0.256 e. The van der Waals surface area contributed by atoms with Gasteiger partial charge in [-0.1, -0.05) is 12.6 Å². The van der Waals surface area contributed by atoms with Crippen LogP contribution in [0.4, 0.5) is 38.9 Å². The second kappa shape index (κ2) is 7.98. The van der Waals surface area contributed by atoms with Crippen molar-refractivity contribution in [2.24, 2.45) is 0 Å². The maximum Gasteiger partial charge on any atom is 0.256 e. The van der Waals surface area contributed by atoms with Crippen LogP contribution in [0, 0.1) is 5.82 Å². The highest BCUT2D eigenvalue weighted by molar-refractivity contribution is 7.95. The number of benzene rings is 2. The Morgan fingerprint density at radius 1 is 1.12 bits per heavy atom. The first-order valence-electron chi connectivity index (χ1n) is 10.8. The van der Waals surface area contributed by atoms with Gasteiger partial charge in [-0.2, -0.15) is 4.98 Å². The fourth-order valence-electron chi connectivity index (χ4n) is 4.23. The minimum absolute atomic E-state index is 0.0142. The molecular formula is C24H25FN6O2S. The third-order valence-corrected chi connectivity index (χ3v) is 7.66. The maximum atomic E-state index is 14.5. The minimum Gasteiger partial charge on any atom is -0.378 e. The summed E-state index contributed by atoms with van der Waals surface area (Å²) in [6.07, 6.45) is 2.98. The molecule has 8 nitrogen and oxygen atoms in total. The van der Waals surface area contributed by atoms with Crippen LogP contribution in [0.3, 0.4) is 0 Å². The van der Waals surface area contributed by atoms with E-state index in [1.807, 2.05) is 55.4 Å². The predicted molar refractivity (Wildman–Crippen MR) is 133 cm³/mol. The van der Waals surface area contributed by atoms with Gasteiger partial charge in [0.15, 0.2) is 11.6 Å². The van der Waals surface area contributed by atoms with Crippen molar-refractivity contribution in [3.63, 3.8) is 0 Å². The highest BCUT2D eigenvalue weighted by atomic mass is 32.2. The SMILES string of the molecule is C=CS(=O)(=O)N1CC2(CC2)c2ccc(Nc3nc(Nc4ccc(N(C)C)cc4)ncc3F)cc21. The van der Waals surface area contributed by atoms with Crippen LogP contribution >= 0.6 is 0 Å². The highest BCUT2D eigenvalue weighted by Gasteiger charge is 2.53. The van der Waals surface area contributed by atoms with E-state index in [1.165, 1.54) is 4.31 Å². The van der Waals surface area contributed by atoms with Gasteiger partial charge in [0.2, 0.25) is 5.95 Å². The first-order chi connectivity index (χ1) is 16.2. The van der Waals surface area contributed by atoms with Gasteiger partial charge < -0.3 is 15.5 Å². The van der Waals surface area contributed by atoms with Gasteiger partial charge in [0.1, 0.15) is 0 Å². The van der Waals surface area contributed by atoms with Crippen LogP contribution in [0.5, 0.6) is 0 Å². The number of hydrogen-bond donors (Lipinski definition) is 2. The average molecular weight is 481 g/mol. The van der Waals surface area contributed by atoms with Gasteiger partial charge in [0.25, 0.3) is 10.0 Å². The normalized spacial score (nSPS) is 15.7. The molecule has 0 bridgehead atoms. The van der Waals surface area contributed by atoms with Gasteiger partial charge in [-0.15, -0.1) is 0 Å². The van der Waals surface area contributed by atoms with Gasteiger partial charge in [-0.3, -0.25) is 4.31 Å². The van der Waals surface area contributed by atoms with Crippen LogP contribution in [0.25, 0.3) is 0 Å². The predicted octanol–water partition coefficient (Wildman–Crippen LogP) is 4.49. The zero-order chi connectivity index (χ0) is 24.1. The Hall–Kier alpha value is -3.66. The van der Waals surface area contributed by atoms with Gasteiger partial charge >= 0.3 is 0 Å². The molecule has 10 heteroatoms. The van der Waals surface area contributed by atoms with E-state index in [0.29, 0.717) is 17.9 Å². The van der Waals surface area contributed by atoms with E-state index in [1.54, 1.807) is 6.07 Å². The number of nitrogens with zero attached hydrogens (tertiary/aromatic N) is 4. The number of hydrogen-bond acceptors (Lipinski definition) is 7. The summed E-state index contributed by atoms with van der Waals surface area (Å²) < 4.78 is 41.1. The summed E-state index contributed by atoms with van der Waals surface area (Å²) in [5.41, 5.74) is 3.81. The van der Waals surface area contributed by atoms with Crippen molar-refractivity contribution in [1.82, 2.24) is 9.97 Å². The molecule has 1 aliphatic heterocycles. The molecule has 2 N–H and O–H groups in total. The number of fused-ring (bicyclic) bond motifs is 2. The molecule has 1 fully saturated rings. The summed E-state index contributed by atoms with van der Waals surface area (Å²) in [5.74, 6) is -0.404. The molecule has 2 heterocycles. The minimum atomic E-state index is -3.63. The van der Waals surface area contributed by atoms with Gasteiger partial charge in [-0.25, -0.2) is 17.8 Å². The molecule has 3 aromatic rings. The second-order valence-electron chi connectivity index (χ2n) is 8.81. The van der Waals surface area contributed by atoms with Crippen molar-refractivity contribution >= 4 is 44.5 Å². The van der Waals surface area contributed by atoms with E-state index in [2.05, 4.69) is 27.2 Å². The Morgan fingerprint density at radius 3 is 2.47 bits per heavy atom. The molecule has 2 aliphatic rings. The summed E-state index contributed by atoms with van der Waals surface area (Å²) in [7, 11) is 0.281. The lowest BCUT2D eigenvalue weighted by Gasteiger charge is -2.18. The third kappa shape index (κ3) is 3.94. The Balaban J connectivity index is 1.41. The number of aromatic nitrogens is 2. The lowest BCUT2D eigenvalue weighted by molar-refractivity contribution is 0.597. The van der Waals surface area contributed by atoms with Crippen LogP contribution < -0.4 is 19.8 Å². The van der Waals surface area contributed by atoms with Gasteiger partial charge in [-0.05, 0) is 54.8 Å². The van der Waals surface area contributed by atoms with E-state index < -0.39 is 15.8 Å². The average Bonchev–Trinajstić information content (AvgIpc) is 3.52. The fourth-order valence-corrected chi connectivity index (χ4v) is 5.26. The Kier molecular flexibility index (Phi) is 5.20. The summed E-state index contributed by atoms with van der Waals surface area (Å²) in [6.45, 7) is 3.86. The molecule has 1 saturated carbocycles. The fraction of sp³-hybridized carbons (Fsp3) is 0.250. The second-order valence-corrected chi connectivity index (χ2v) is 10.6. The Bertz CT molecular complexity index is 1370. The number of rotatable bonds is 7. The molecule has 0 saturated heterocycles. The van der Waals surface area contributed by atoms with Crippen LogP contribution in [0.1, 0.15) is 18.4 Å². The number of anilines is 6. The molecule has 1 spiro atoms. The van der Waals surface area contributed by atoms with Crippen LogP contribution in [0.2, 0.25) is 0 Å². The molecule has 34 heavy (non-hydrogen) atoms. The third-order valence-electron chi connectivity index (χ3n) is 6.30. The summed E-state index contributed by atoms with van der Waals surface area (Å²) in [6, 6.07) is 13.1. The number of nitrogens with one attached hydrogen (secondary N) is 2. The molecule has 1 aliphatic carbocycles. The molecule has 0 radical (unpaired) electrons. The molecule has 0 unspecified atom stereocenters. The standard InChI is InChI=1S/C24H25FN6O2S/c1-4-34(32,33)31-15-24(11-12-24)19-10-7-17(13-21(19)31)27-22-20(25)14-26-23(29-22)28-16-5-8-18(9-6-16)30(2)3/h4-10,13-14H,1,11-12,15H2,2-3H3,(H2,26,27,28,29). The largest absolute Gasteiger partial charge is 0.378 e. The lowest BCUT2D eigenvalue weighted by atomic mass is 9.98. The monoisotopic (exact) mass is 480 g/mol. The van der Waals surface area contributed by atoms with Crippen molar-refractivity contribution in [1.29, 1.82) is 0 Å². The van der Waals surface area contributed by atoms with Crippen molar-refractivity contribution in [3.05, 3.63) is 72.0 Å². The molecule has 1 aromatic heterocycles. The molecule has 176 valence electrons. The maximum absolute atomic E-state index is 14.5. The first kappa shape index (κ1) is 22.1. The van der Waals surface area contributed by atoms with Crippen molar-refractivity contribution < 1.29 is 12.8 Å². The van der Waals surface area contributed by atoms with E-state index in [0.717, 1.165) is 41.4 Å². The Morgan fingerprint density at radius 2 is 1.82 bits per heavy atom. The highest BCUT2D eigenvalue weighted by Crippen LogP contribution is 2.57. The Labute approximate surface area is 198 Å². The van der Waals surface area contributed by atoms with E-state index in [9.17, 15) is 12.8 Å². The zero-order valence-corrected chi connectivity index (χ0v) is 19.7. The van der Waals surface area contributed by atoms with Gasteiger partial charge in [0, 0.05) is 48.5 Å². The number of sulfonamides is 1. The summed E-state index contributed by atoms with van der Waals surface area (Å²) in [5, 5.41) is 7.01. The van der Waals surface area contributed by atoms with E-state index >= 15 is 0 Å². The molecule has 5 rings (SSSR count). The van der Waals surface area contributed by atoms with Crippen molar-refractivity contribution in [2.45, 2.75) is 18.3 Å². The molecule has 2 aromatic carbocycles. The zero-order valence-electron chi connectivity index (χ0n) is 18.9. The topological polar surface area (TPSA) is 90.5 Å². The van der Waals surface area contributed by atoms with Crippen molar-refractivity contribution in [3.8, 4) is 0 Å². The van der Waals surface area contributed by atoms with Crippen LogP contribution in [-0.4, -0.2) is 39.0 Å². The molecule has 0 atom stereocenters. The molecular weight excluding hydrogens is 455 g/mol. The summed E-state index contributed by atoms with van der Waals surface area (Å²) in [4.78, 5) is 10.3. The lowest BCUT2D eigenvalue weighted by Crippen LogP contribution is -2.29. The van der Waals surface area contributed by atoms with Crippen molar-refractivity contribution in [2.75, 3.05) is 40.5 Å². The van der Waals surface area contributed by atoms with E-state index in [-0.39, 0.29) is 17.2 Å². The van der Waals surface area contributed by atoms with E-state index in [4.69, 9.17) is 0 Å².